The summed E-state index contributed by atoms with van der Waals surface area (Å²) >= 11 is 0. The summed E-state index contributed by atoms with van der Waals surface area (Å²) in [6.07, 6.45) is 4.71. The molecular formula is C17H34N2O. The maximum absolute atomic E-state index is 9.95. The van der Waals surface area contributed by atoms with Gasteiger partial charge in [0, 0.05) is 19.1 Å². The number of nitrogens with two attached hydrogens (primary N) is 1. The lowest BCUT2D eigenvalue weighted by atomic mass is 9.67. The molecule has 1 aliphatic heterocycles. The monoisotopic (exact) mass is 282 g/mol. The van der Waals surface area contributed by atoms with Gasteiger partial charge in [0.25, 0.3) is 0 Å². The van der Waals surface area contributed by atoms with Gasteiger partial charge in [-0.05, 0) is 55.4 Å². The molecule has 1 saturated heterocycles. The number of nitrogens with zero attached hydrogens (tertiary/aromatic N) is 1. The van der Waals surface area contributed by atoms with Crippen molar-refractivity contribution in [2.24, 2.45) is 28.9 Å². The van der Waals surface area contributed by atoms with Gasteiger partial charge >= 0.3 is 0 Å². The van der Waals surface area contributed by atoms with E-state index >= 15 is 0 Å². The van der Waals surface area contributed by atoms with E-state index in [0.29, 0.717) is 23.3 Å². The van der Waals surface area contributed by atoms with E-state index in [1.54, 1.807) is 0 Å². The number of aliphatic hydroxyl groups excluding tert-OH is 1. The maximum Gasteiger partial charge on any atom is 0.0590 e. The Balaban J connectivity index is 2.05. The van der Waals surface area contributed by atoms with E-state index in [2.05, 4.69) is 32.6 Å². The van der Waals surface area contributed by atoms with E-state index in [0.717, 1.165) is 32.0 Å². The van der Waals surface area contributed by atoms with Crippen molar-refractivity contribution in [1.82, 2.24) is 4.90 Å². The molecule has 3 N–H and O–H groups in total. The van der Waals surface area contributed by atoms with Crippen molar-refractivity contribution in [2.45, 2.75) is 65.5 Å². The fourth-order valence-electron chi connectivity index (χ4n) is 4.18. The highest BCUT2D eigenvalue weighted by Crippen LogP contribution is 2.42. The summed E-state index contributed by atoms with van der Waals surface area (Å²) in [5, 5.41) is 9.95. The standard InChI is InChI=1S/C17H34N2O/c1-12-11-19(8-7-16(12)20)15-9-14(17(2,3)4)6-5-13(15)10-18/h12-16,20H,5-11,18H2,1-4H3. The second-order valence-electron chi connectivity index (χ2n) is 8.27. The molecular weight excluding hydrogens is 248 g/mol. The zero-order valence-electron chi connectivity index (χ0n) is 13.8. The van der Waals surface area contributed by atoms with Gasteiger partial charge in [-0.25, -0.2) is 0 Å². The van der Waals surface area contributed by atoms with Crippen LogP contribution in [0.5, 0.6) is 0 Å². The average molecular weight is 282 g/mol. The number of aliphatic hydroxyl groups is 1. The minimum Gasteiger partial charge on any atom is -0.393 e. The van der Waals surface area contributed by atoms with Crippen LogP contribution in [-0.2, 0) is 0 Å². The minimum atomic E-state index is -0.107. The van der Waals surface area contributed by atoms with Crippen molar-refractivity contribution in [3.05, 3.63) is 0 Å². The summed E-state index contributed by atoms with van der Waals surface area (Å²) in [7, 11) is 0. The van der Waals surface area contributed by atoms with Crippen LogP contribution in [0.15, 0.2) is 0 Å². The van der Waals surface area contributed by atoms with Crippen molar-refractivity contribution < 1.29 is 5.11 Å². The largest absolute Gasteiger partial charge is 0.393 e. The lowest BCUT2D eigenvalue weighted by Crippen LogP contribution is -2.53. The van der Waals surface area contributed by atoms with E-state index in [9.17, 15) is 5.11 Å². The van der Waals surface area contributed by atoms with Gasteiger partial charge in [0.2, 0.25) is 0 Å². The Morgan fingerprint density at radius 1 is 1.20 bits per heavy atom. The van der Waals surface area contributed by atoms with Gasteiger partial charge in [-0.1, -0.05) is 27.7 Å². The van der Waals surface area contributed by atoms with Gasteiger partial charge in [-0.3, -0.25) is 4.90 Å². The predicted octanol–water partition coefficient (Wildman–Crippen LogP) is 2.48. The van der Waals surface area contributed by atoms with Crippen LogP contribution in [0.3, 0.4) is 0 Å². The molecule has 5 atom stereocenters. The van der Waals surface area contributed by atoms with E-state index in [4.69, 9.17) is 5.73 Å². The third-order valence-electron chi connectivity index (χ3n) is 5.84. The second-order valence-corrected chi connectivity index (χ2v) is 8.27. The Bertz CT molecular complexity index is 313. The molecule has 0 bridgehead atoms. The molecule has 0 amide bonds. The van der Waals surface area contributed by atoms with Crippen LogP contribution < -0.4 is 5.73 Å². The summed E-state index contributed by atoms with van der Waals surface area (Å²) < 4.78 is 0. The van der Waals surface area contributed by atoms with Gasteiger partial charge in [0.15, 0.2) is 0 Å². The van der Waals surface area contributed by atoms with E-state index in [-0.39, 0.29) is 6.10 Å². The second kappa shape index (κ2) is 6.33. The van der Waals surface area contributed by atoms with Gasteiger partial charge in [-0.2, -0.15) is 0 Å². The summed E-state index contributed by atoms with van der Waals surface area (Å²) in [6, 6.07) is 0.632. The van der Waals surface area contributed by atoms with Crippen molar-refractivity contribution in [1.29, 1.82) is 0 Å². The van der Waals surface area contributed by atoms with E-state index in [1.165, 1.54) is 19.3 Å². The third-order valence-corrected chi connectivity index (χ3v) is 5.84. The number of rotatable bonds is 2. The Morgan fingerprint density at radius 2 is 1.90 bits per heavy atom. The number of likely N-dealkylation sites (tertiary alicyclic amines) is 1. The average Bonchev–Trinajstić information content (AvgIpc) is 2.40. The topological polar surface area (TPSA) is 49.5 Å². The lowest BCUT2D eigenvalue weighted by molar-refractivity contribution is -0.0207. The summed E-state index contributed by atoms with van der Waals surface area (Å²) in [5.41, 5.74) is 6.44. The fourth-order valence-corrected chi connectivity index (χ4v) is 4.18. The molecule has 3 nitrogen and oxygen atoms in total. The Labute approximate surface area is 124 Å². The zero-order valence-corrected chi connectivity index (χ0v) is 13.8. The highest BCUT2D eigenvalue weighted by Gasteiger charge is 2.39. The molecule has 2 aliphatic rings. The zero-order chi connectivity index (χ0) is 14.9. The molecule has 0 aromatic rings. The van der Waals surface area contributed by atoms with Crippen LogP contribution in [0.25, 0.3) is 0 Å². The fraction of sp³-hybridized carbons (Fsp3) is 1.00. The Hall–Kier alpha value is -0.120. The molecule has 0 spiro atoms. The molecule has 1 saturated carbocycles. The minimum absolute atomic E-state index is 0.107. The number of piperidine rings is 1. The van der Waals surface area contributed by atoms with Gasteiger partial charge in [0.1, 0.15) is 0 Å². The maximum atomic E-state index is 9.95. The first kappa shape index (κ1) is 16.3. The molecule has 2 rings (SSSR count). The summed E-state index contributed by atoms with van der Waals surface area (Å²) in [6.45, 7) is 12.2. The molecule has 2 fully saturated rings. The predicted molar refractivity (Wildman–Crippen MR) is 84.5 cm³/mol. The molecule has 3 heteroatoms. The Morgan fingerprint density at radius 3 is 2.45 bits per heavy atom. The van der Waals surface area contributed by atoms with Crippen LogP contribution in [-0.4, -0.2) is 41.8 Å². The first-order chi connectivity index (χ1) is 9.32. The molecule has 20 heavy (non-hydrogen) atoms. The van der Waals surface area contributed by atoms with Crippen LogP contribution in [0.4, 0.5) is 0 Å². The van der Waals surface area contributed by atoms with Crippen LogP contribution in [0.1, 0.15) is 53.4 Å². The highest BCUT2D eigenvalue weighted by atomic mass is 16.3. The summed E-state index contributed by atoms with van der Waals surface area (Å²) in [5.74, 6) is 1.85. The normalized spacial score (nSPS) is 40.8. The molecule has 5 unspecified atom stereocenters. The molecule has 1 heterocycles. The van der Waals surface area contributed by atoms with E-state index < -0.39 is 0 Å². The first-order valence-electron chi connectivity index (χ1n) is 8.45. The Kier molecular flexibility index (Phi) is 5.14. The van der Waals surface area contributed by atoms with Crippen molar-refractivity contribution in [2.75, 3.05) is 19.6 Å². The van der Waals surface area contributed by atoms with Crippen LogP contribution in [0, 0.1) is 23.2 Å². The smallest absolute Gasteiger partial charge is 0.0590 e. The molecule has 0 aromatic heterocycles. The quantitative estimate of drug-likeness (QED) is 0.818. The van der Waals surface area contributed by atoms with Gasteiger partial charge < -0.3 is 10.8 Å². The van der Waals surface area contributed by atoms with Gasteiger partial charge in [0.05, 0.1) is 6.10 Å². The third kappa shape index (κ3) is 3.55. The SMILES string of the molecule is CC1CN(C2CC(C(C)(C)C)CCC2CN)CCC1O. The molecule has 118 valence electrons. The number of hydrogen-bond donors (Lipinski definition) is 2. The van der Waals surface area contributed by atoms with Crippen LogP contribution in [0.2, 0.25) is 0 Å². The van der Waals surface area contributed by atoms with Crippen molar-refractivity contribution in [3.63, 3.8) is 0 Å². The number of hydrogen-bond acceptors (Lipinski definition) is 3. The molecule has 0 aromatic carbocycles. The highest BCUT2D eigenvalue weighted by molar-refractivity contribution is 4.93. The summed E-state index contributed by atoms with van der Waals surface area (Å²) in [4.78, 5) is 2.63. The first-order valence-corrected chi connectivity index (χ1v) is 8.45. The van der Waals surface area contributed by atoms with E-state index in [1.807, 2.05) is 0 Å². The molecule has 1 aliphatic carbocycles. The van der Waals surface area contributed by atoms with Gasteiger partial charge in [-0.15, -0.1) is 0 Å². The molecule has 0 radical (unpaired) electrons. The van der Waals surface area contributed by atoms with Crippen molar-refractivity contribution in [3.8, 4) is 0 Å². The lowest BCUT2D eigenvalue weighted by Gasteiger charge is -2.48. The van der Waals surface area contributed by atoms with Crippen molar-refractivity contribution >= 4 is 0 Å². The van der Waals surface area contributed by atoms with Crippen LogP contribution >= 0.6 is 0 Å².